The van der Waals surface area contributed by atoms with Crippen molar-refractivity contribution in [3.8, 4) is 28.4 Å². The minimum atomic E-state index is -0.815. The van der Waals surface area contributed by atoms with Gasteiger partial charge in [-0.25, -0.2) is 8.78 Å². The minimum absolute atomic E-state index is 0.104. The van der Waals surface area contributed by atoms with Crippen molar-refractivity contribution in [3.63, 3.8) is 0 Å². The number of carbonyl (C=O) groups is 1. The van der Waals surface area contributed by atoms with Gasteiger partial charge in [-0.3, -0.25) is 4.79 Å². The molecule has 0 amide bonds. The van der Waals surface area contributed by atoms with Gasteiger partial charge in [0.15, 0.2) is 17.4 Å². The van der Waals surface area contributed by atoms with Gasteiger partial charge in [-0.05, 0) is 60.9 Å². The van der Waals surface area contributed by atoms with Gasteiger partial charge in [-0.1, -0.05) is 30.3 Å². The summed E-state index contributed by atoms with van der Waals surface area (Å²) in [6, 6.07) is 18.6. The third kappa shape index (κ3) is 5.56. The summed E-state index contributed by atoms with van der Waals surface area (Å²) < 4.78 is 44.9. The van der Waals surface area contributed by atoms with Crippen LogP contribution in [0.15, 0.2) is 66.7 Å². The zero-order chi connectivity index (χ0) is 21.5. The molecular formula is C24H22F2O4. The Bertz CT molecular complexity index is 982. The van der Waals surface area contributed by atoms with E-state index in [4.69, 9.17) is 9.47 Å². The van der Waals surface area contributed by atoms with Gasteiger partial charge in [0.1, 0.15) is 11.5 Å². The molecule has 0 unspecified atom stereocenters. The number of ether oxygens (including phenoxy) is 3. The maximum atomic E-state index is 14.6. The predicted molar refractivity (Wildman–Crippen MR) is 110 cm³/mol. The zero-order valence-electron chi connectivity index (χ0n) is 16.7. The lowest BCUT2D eigenvalue weighted by Crippen LogP contribution is -2.16. The molecule has 0 spiro atoms. The largest absolute Gasteiger partial charge is 0.485 e. The minimum Gasteiger partial charge on any atom is -0.485 e. The van der Waals surface area contributed by atoms with E-state index in [9.17, 15) is 13.6 Å². The highest BCUT2D eigenvalue weighted by molar-refractivity contribution is 5.69. The molecule has 0 aliphatic rings. The standard InChI is InChI=1S/C24H22F2O4/c1-16(11-12-23(27)28-2)29-24-21(25)14-18(15-22(24)26)17-7-6-10-20(13-17)30-19-8-4-3-5-9-19/h3-10,13-16H,11-12H2,1-2H3/t16-/m1/s1. The number of benzene rings is 3. The number of esters is 1. The van der Waals surface area contributed by atoms with Crippen molar-refractivity contribution >= 4 is 5.97 Å². The normalized spacial score (nSPS) is 11.6. The molecule has 156 valence electrons. The van der Waals surface area contributed by atoms with E-state index < -0.39 is 29.5 Å². The van der Waals surface area contributed by atoms with Crippen LogP contribution in [-0.4, -0.2) is 19.2 Å². The molecule has 0 aliphatic carbocycles. The quantitative estimate of drug-likeness (QED) is 0.417. The van der Waals surface area contributed by atoms with E-state index >= 15 is 0 Å². The van der Waals surface area contributed by atoms with Gasteiger partial charge in [-0.15, -0.1) is 0 Å². The van der Waals surface area contributed by atoms with Crippen LogP contribution in [0.4, 0.5) is 8.78 Å². The van der Waals surface area contributed by atoms with Crippen LogP contribution in [0.2, 0.25) is 0 Å². The summed E-state index contributed by atoms with van der Waals surface area (Å²) in [6.07, 6.45) is -0.166. The van der Waals surface area contributed by atoms with Crippen LogP contribution in [0.5, 0.6) is 17.2 Å². The zero-order valence-corrected chi connectivity index (χ0v) is 16.7. The Labute approximate surface area is 174 Å². The lowest BCUT2D eigenvalue weighted by atomic mass is 10.0. The number of hydrogen-bond acceptors (Lipinski definition) is 4. The Balaban J connectivity index is 1.76. The van der Waals surface area contributed by atoms with Crippen LogP contribution in [0.25, 0.3) is 11.1 Å². The van der Waals surface area contributed by atoms with Crippen molar-refractivity contribution in [1.29, 1.82) is 0 Å². The van der Waals surface area contributed by atoms with E-state index in [0.717, 1.165) is 0 Å². The van der Waals surface area contributed by atoms with Crippen LogP contribution in [0.1, 0.15) is 19.8 Å². The monoisotopic (exact) mass is 412 g/mol. The molecule has 0 N–H and O–H groups in total. The van der Waals surface area contributed by atoms with Crippen molar-refractivity contribution in [2.24, 2.45) is 0 Å². The fraction of sp³-hybridized carbons (Fsp3) is 0.208. The van der Waals surface area contributed by atoms with E-state index in [1.54, 1.807) is 31.2 Å². The average molecular weight is 412 g/mol. The summed E-state index contributed by atoms with van der Waals surface area (Å²) in [5.74, 6) is -1.28. The first-order chi connectivity index (χ1) is 14.5. The topological polar surface area (TPSA) is 44.8 Å². The van der Waals surface area contributed by atoms with Crippen molar-refractivity contribution in [2.45, 2.75) is 25.9 Å². The fourth-order valence-electron chi connectivity index (χ4n) is 2.89. The van der Waals surface area contributed by atoms with Crippen LogP contribution in [-0.2, 0) is 9.53 Å². The molecule has 6 heteroatoms. The third-order valence-corrected chi connectivity index (χ3v) is 4.45. The van der Waals surface area contributed by atoms with Crippen LogP contribution < -0.4 is 9.47 Å². The van der Waals surface area contributed by atoms with E-state index in [0.29, 0.717) is 22.6 Å². The smallest absolute Gasteiger partial charge is 0.305 e. The molecule has 0 radical (unpaired) electrons. The second-order valence-electron chi connectivity index (χ2n) is 6.76. The number of para-hydroxylation sites is 1. The highest BCUT2D eigenvalue weighted by Crippen LogP contribution is 2.32. The molecule has 4 nitrogen and oxygen atoms in total. The molecule has 0 saturated heterocycles. The van der Waals surface area contributed by atoms with Gasteiger partial charge < -0.3 is 14.2 Å². The molecule has 3 aromatic carbocycles. The van der Waals surface area contributed by atoms with Crippen LogP contribution in [0, 0.1) is 11.6 Å². The molecule has 0 fully saturated rings. The Hall–Kier alpha value is -3.41. The van der Waals surface area contributed by atoms with E-state index in [2.05, 4.69) is 4.74 Å². The first-order valence-corrected chi connectivity index (χ1v) is 9.52. The highest BCUT2D eigenvalue weighted by Gasteiger charge is 2.17. The summed E-state index contributed by atoms with van der Waals surface area (Å²) in [5, 5.41) is 0. The third-order valence-electron chi connectivity index (χ3n) is 4.45. The van der Waals surface area contributed by atoms with Crippen LogP contribution >= 0.6 is 0 Å². The highest BCUT2D eigenvalue weighted by atomic mass is 19.1. The molecule has 1 atom stereocenters. The fourth-order valence-corrected chi connectivity index (χ4v) is 2.89. The van der Waals surface area contributed by atoms with Crippen molar-refractivity contribution < 1.29 is 27.8 Å². The molecule has 3 rings (SSSR count). The predicted octanol–water partition coefficient (Wildman–Crippen LogP) is 6.14. The van der Waals surface area contributed by atoms with E-state index in [1.165, 1.54) is 19.2 Å². The summed E-state index contributed by atoms with van der Waals surface area (Å²) >= 11 is 0. The van der Waals surface area contributed by atoms with Gasteiger partial charge in [0.25, 0.3) is 0 Å². The molecule has 0 heterocycles. The molecule has 3 aromatic rings. The lowest BCUT2D eigenvalue weighted by molar-refractivity contribution is -0.141. The van der Waals surface area contributed by atoms with E-state index in [1.807, 2.05) is 30.3 Å². The average Bonchev–Trinajstić information content (AvgIpc) is 2.75. The second-order valence-corrected chi connectivity index (χ2v) is 6.76. The molecule has 0 bridgehead atoms. The van der Waals surface area contributed by atoms with Crippen molar-refractivity contribution in [2.75, 3.05) is 7.11 Å². The summed E-state index contributed by atoms with van der Waals surface area (Å²) in [4.78, 5) is 11.2. The number of halogens is 2. The summed E-state index contributed by atoms with van der Waals surface area (Å²) in [7, 11) is 1.28. The maximum Gasteiger partial charge on any atom is 0.305 e. The Morgan fingerprint density at radius 2 is 1.57 bits per heavy atom. The Kier molecular flexibility index (Phi) is 7.01. The Morgan fingerprint density at radius 1 is 0.900 bits per heavy atom. The lowest BCUT2D eigenvalue weighted by Gasteiger charge is -2.16. The van der Waals surface area contributed by atoms with Gasteiger partial charge in [0.2, 0.25) is 0 Å². The van der Waals surface area contributed by atoms with Gasteiger partial charge in [0.05, 0.1) is 13.2 Å². The van der Waals surface area contributed by atoms with Crippen molar-refractivity contribution in [3.05, 3.63) is 78.4 Å². The van der Waals surface area contributed by atoms with Gasteiger partial charge in [0, 0.05) is 6.42 Å². The molecule has 0 aromatic heterocycles. The summed E-state index contributed by atoms with van der Waals surface area (Å²) in [5.41, 5.74) is 0.963. The number of rotatable bonds is 8. The Morgan fingerprint density at radius 3 is 2.23 bits per heavy atom. The SMILES string of the molecule is COC(=O)CC[C@@H](C)Oc1c(F)cc(-c2cccc(Oc3ccccc3)c2)cc1F. The maximum absolute atomic E-state index is 14.6. The number of hydrogen-bond donors (Lipinski definition) is 0. The molecule has 0 aliphatic heterocycles. The first-order valence-electron chi connectivity index (χ1n) is 9.52. The van der Waals surface area contributed by atoms with Crippen LogP contribution in [0.3, 0.4) is 0 Å². The van der Waals surface area contributed by atoms with E-state index in [-0.39, 0.29) is 12.8 Å². The molecule has 30 heavy (non-hydrogen) atoms. The molecule has 0 saturated carbocycles. The first kappa shape index (κ1) is 21.3. The number of methoxy groups -OCH3 is 1. The second kappa shape index (κ2) is 9.87. The molecular weight excluding hydrogens is 390 g/mol. The number of carbonyl (C=O) groups excluding carboxylic acids is 1. The summed E-state index contributed by atoms with van der Waals surface area (Å²) in [6.45, 7) is 1.64. The van der Waals surface area contributed by atoms with Gasteiger partial charge in [-0.2, -0.15) is 0 Å². The van der Waals surface area contributed by atoms with Crippen molar-refractivity contribution in [1.82, 2.24) is 0 Å². The van der Waals surface area contributed by atoms with Gasteiger partial charge >= 0.3 is 5.97 Å².